The van der Waals surface area contributed by atoms with Crippen molar-refractivity contribution in [2.45, 2.75) is 33.0 Å². The zero-order valence-corrected chi connectivity index (χ0v) is 32.8. The van der Waals surface area contributed by atoms with E-state index in [4.69, 9.17) is 5.73 Å². The number of anilines is 4. The zero-order valence-electron chi connectivity index (χ0n) is 32.8. The topological polar surface area (TPSA) is 123 Å². The highest BCUT2D eigenvalue weighted by Gasteiger charge is 2.35. The van der Waals surface area contributed by atoms with E-state index in [2.05, 4.69) is 42.2 Å². The number of halogens is 4. The van der Waals surface area contributed by atoms with Crippen LogP contribution >= 0.6 is 0 Å². The molecule has 7 rings (SSSR count). The number of piperazine rings is 2. The number of aryl methyl sites for hydroxylation is 1. The predicted octanol–water partition coefficient (Wildman–Crippen LogP) is 6.67. The molecule has 0 aliphatic carbocycles. The minimum Gasteiger partial charge on any atom is -0.383 e. The first kappa shape index (κ1) is 40.6. The second-order valence-corrected chi connectivity index (χ2v) is 15.0. The van der Waals surface area contributed by atoms with Gasteiger partial charge in [-0.05, 0) is 97.9 Å². The number of aromatic nitrogens is 2. The molecule has 1 aromatic heterocycles. The maximum atomic E-state index is 16.3. The first-order valence-corrected chi connectivity index (χ1v) is 19.4. The monoisotopic (exact) mass is 797 g/mol. The van der Waals surface area contributed by atoms with Crippen LogP contribution < -0.4 is 21.3 Å². The van der Waals surface area contributed by atoms with E-state index in [-0.39, 0.29) is 63.8 Å². The molecular formula is C43H47F4N9O2. The minimum absolute atomic E-state index is 0.0257. The van der Waals surface area contributed by atoms with E-state index in [0.29, 0.717) is 29.9 Å². The normalized spacial score (nSPS) is 15.8. The van der Waals surface area contributed by atoms with Crippen LogP contribution in [0.25, 0.3) is 22.0 Å². The molecule has 0 bridgehead atoms. The molecule has 15 heteroatoms. The Morgan fingerprint density at radius 3 is 2.17 bits per heavy atom. The van der Waals surface area contributed by atoms with Gasteiger partial charge in [0.1, 0.15) is 17.5 Å². The number of carbonyl (C=O) groups is 2. The number of hydrogen-bond acceptors (Lipinski definition) is 9. The summed E-state index contributed by atoms with van der Waals surface area (Å²) in [6, 6.07) is 19.2. The molecule has 5 aromatic rings. The third-order valence-corrected chi connectivity index (χ3v) is 11.0. The maximum absolute atomic E-state index is 16.3. The van der Waals surface area contributed by atoms with Crippen LogP contribution in [0.4, 0.5) is 40.4 Å². The van der Waals surface area contributed by atoms with Gasteiger partial charge >= 0.3 is 6.18 Å². The van der Waals surface area contributed by atoms with Gasteiger partial charge < -0.3 is 31.1 Å². The van der Waals surface area contributed by atoms with Gasteiger partial charge in [-0.1, -0.05) is 19.1 Å². The number of nitrogens with two attached hydrogens (primary N) is 1. The number of likely N-dealkylation sites (N-methyl/N-ethyl adjacent to an activating group) is 2. The van der Waals surface area contributed by atoms with Gasteiger partial charge in [-0.25, -0.2) is 14.4 Å². The molecular weight excluding hydrogens is 751 g/mol. The van der Waals surface area contributed by atoms with Crippen LogP contribution in [0, 0.1) is 12.7 Å². The van der Waals surface area contributed by atoms with Crippen LogP contribution in [-0.2, 0) is 23.9 Å². The lowest BCUT2D eigenvalue weighted by Crippen LogP contribution is -2.46. The molecule has 2 saturated heterocycles. The van der Waals surface area contributed by atoms with Crippen molar-refractivity contribution in [1.29, 1.82) is 0 Å². The van der Waals surface area contributed by atoms with Crippen LogP contribution in [-0.4, -0.2) is 102 Å². The fourth-order valence-electron chi connectivity index (χ4n) is 7.53. The van der Waals surface area contributed by atoms with Gasteiger partial charge in [-0.3, -0.25) is 14.5 Å². The Balaban J connectivity index is 1.04. The van der Waals surface area contributed by atoms with Crippen molar-refractivity contribution in [3.8, 4) is 11.1 Å². The highest BCUT2D eigenvalue weighted by Crippen LogP contribution is 2.36. The molecule has 2 aliphatic heterocycles. The van der Waals surface area contributed by atoms with Gasteiger partial charge in [0.2, 0.25) is 5.91 Å². The van der Waals surface area contributed by atoms with Crippen molar-refractivity contribution in [2.75, 3.05) is 87.2 Å². The number of nitrogens with zero attached hydrogens (tertiary/aromatic N) is 6. The summed E-state index contributed by atoms with van der Waals surface area (Å²) in [4.78, 5) is 43.8. The van der Waals surface area contributed by atoms with Crippen LogP contribution in [0.3, 0.4) is 0 Å². The molecule has 0 spiro atoms. The first-order valence-electron chi connectivity index (χ1n) is 19.4. The molecule has 2 fully saturated rings. The van der Waals surface area contributed by atoms with Gasteiger partial charge in [0.15, 0.2) is 0 Å². The van der Waals surface area contributed by atoms with Crippen molar-refractivity contribution >= 4 is 45.6 Å². The number of fused-ring (bicyclic) bond motifs is 1. The van der Waals surface area contributed by atoms with E-state index in [9.17, 15) is 22.8 Å². The number of nitrogens with one attached hydrogen (secondary N) is 2. The Morgan fingerprint density at radius 1 is 0.793 bits per heavy atom. The first-order chi connectivity index (χ1) is 27.7. The van der Waals surface area contributed by atoms with Crippen LogP contribution in [0.15, 0.2) is 72.8 Å². The molecule has 58 heavy (non-hydrogen) atoms. The van der Waals surface area contributed by atoms with Crippen molar-refractivity contribution in [1.82, 2.24) is 24.7 Å². The minimum atomic E-state index is -4.65. The van der Waals surface area contributed by atoms with E-state index in [1.807, 2.05) is 36.2 Å². The summed E-state index contributed by atoms with van der Waals surface area (Å²) < 4.78 is 58.9. The van der Waals surface area contributed by atoms with E-state index in [1.165, 1.54) is 18.2 Å². The number of nitrogen functional groups attached to an aromatic ring is 1. The Bertz CT molecular complexity index is 2300. The van der Waals surface area contributed by atoms with E-state index < -0.39 is 23.5 Å². The fraction of sp³-hybridized carbons (Fsp3) is 0.349. The number of rotatable bonds is 10. The van der Waals surface area contributed by atoms with Crippen LogP contribution in [0.5, 0.6) is 0 Å². The number of carbonyl (C=O) groups excluding carboxylic acids is 2. The predicted molar refractivity (Wildman–Crippen MR) is 219 cm³/mol. The molecule has 3 heterocycles. The van der Waals surface area contributed by atoms with E-state index in [1.54, 1.807) is 31.2 Å². The van der Waals surface area contributed by atoms with Gasteiger partial charge in [-0.2, -0.15) is 13.2 Å². The summed E-state index contributed by atoms with van der Waals surface area (Å²) in [6.07, 6.45) is -4.84. The van der Waals surface area contributed by atoms with Gasteiger partial charge in [0.05, 0.1) is 22.9 Å². The Labute approximate surface area is 334 Å². The molecule has 0 saturated carbocycles. The maximum Gasteiger partial charge on any atom is 0.416 e. The molecule has 11 nitrogen and oxygen atoms in total. The lowest BCUT2D eigenvalue weighted by molar-refractivity contribution is -0.138. The smallest absolute Gasteiger partial charge is 0.383 e. The van der Waals surface area contributed by atoms with Gasteiger partial charge in [-0.15, -0.1) is 0 Å². The Hall–Kier alpha value is -5.64. The van der Waals surface area contributed by atoms with Gasteiger partial charge in [0, 0.05) is 87.1 Å². The summed E-state index contributed by atoms with van der Waals surface area (Å²) in [5, 5.41) is 5.52. The second kappa shape index (κ2) is 17.1. The lowest BCUT2D eigenvalue weighted by atomic mass is 9.97. The Morgan fingerprint density at radius 2 is 1.48 bits per heavy atom. The second-order valence-electron chi connectivity index (χ2n) is 15.0. The molecule has 4 N–H and O–H groups in total. The summed E-state index contributed by atoms with van der Waals surface area (Å²) in [5.74, 6) is -1.80. The van der Waals surface area contributed by atoms with Crippen molar-refractivity contribution in [2.24, 2.45) is 0 Å². The third kappa shape index (κ3) is 9.22. The molecule has 4 aromatic carbocycles. The number of amides is 2. The average molecular weight is 798 g/mol. The quantitative estimate of drug-likeness (QED) is 0.133. The molecule has 2 aliphatic rings. The third-order valence-electron chi connectivity index (χ3n) is 11.0. The fourth-order valence-corrected chi connectivity index (χ4v) is 7.53. The summed E-state index contributed by atoms with van der Waals surface area (Å²) in [6.45, 7) is 11.8. The number of alkyl halides is 3. The molecule has 304 valence electrons. The highest BCUT2D eigenvalue weighted by atomic mass is 19.4. The largest absolute Gasteiger partial charge is 0.416 e. The molecule has 0 radical (unpaired) electrons. The summed E-state index contributed by atoms with van der Waals surface area (Å²) >= 11 is 0. The van der Waals surface area contributed by atoms with Crippen molar-refractivity contribution in [3.05, 3.63) is 107 Å². The Kier molecular flexibility index (Phi) is 11.9. The van der Waals surface area contributed by atoms with Crippen LogP contribution in [0.1, 0.15) is 39.8 Å². The number of benzene rings is 4. The standard InChI is InChI=1S/C43H47F4N9O2/c1-4-54-19-21-56(22-20-54)32-11-9-30(10-12-32)49-38(57)25-37-51-36-14-13-33(40(44)39(36)41(48)52-37)34-24-31(8-5-27(34)2)50-42(58)28-6-7-29(35(23-28)43(45,46)47)26-55-17-15-53(3)16-18-55/h5-14,23-24H,4,15-22,25-26H2,1-3H3,(H,49,57)(H,50,58)(H2,48,51,52). The molecule has 2 amide bonds. The SMILES string of the molecule is CCN1CCN(c2ccc(NC(=O)Cc3nc(N)c4c(F)c(-c5cc(NC(=O)c6ccc(CN7CCN(C)CC7)c(C(F)(F)F)c6)ccc5C)ccc4n3)cc2)CC1. The zero-order chi connectivity index (χ0) is 41.1. The molecule has 0 atom stereocenters. The molecule has 0 unspecified atom stereocenters. The summed E-state index contributed by atoms with van der Waals surface area (Å²) in [7, 11) is 1.97. The van der Waals surface area contributed by atoms with Crippen LogP contribution in [0.2, 0.25) is 0 Å². The van der Waals surface area contributed by atoms with Crippen molar-refractivity contribution in [3.63, 3.8) is 0 Å². The van der Waals surface area contributed by atoms with E-state index >= 15 is 4.39 Å². The lowest BCUT2D eigenvalue weighted by Gasteiger charge is -2.35. The van der Waals surface area contributed by atoms with E-state index in [0.717, 1.165) is 57.6 Å². The average Bonchev–Trinajstić information content (AvgIpc) is 3.19. The van der Waals surface area contributed by atoms with Gasteiger partial charge in [0.25, 0.3) is 5.91 Å². The summed E-state index contributed by atoms with van der Waals surface area (Å²) in [5.41, 5.74) is 8.81. The highest BCUT2D eigenvalue weighted by molar-refractivity contribution is 6.05. The number of hydrogen-bond donors (Lipinski definition) is 3. The van der Waals surface area contributed by atoms with Crippen molar-refractivity contribution < 1.29 is 27.2 Å².